The molecule has 0 amide bonds. The van der Waals surface area contributed by atoms with Gasteiger partial charge in [0.1, 0.15) is 0 Å². The van der Waals surface area contributed by atoms with E-state index in [-0.39, 0.29) is 11.2 Å². The molecule has 0 radical (unpaired) electrons. The molecule has 4 fully saturated rings. The van der Waals surface area contributed by atoms with E-state index in [2.05, 4.69) is 41.5 Å². The van der Waals surface area contributed by atoms with Crippen LogP contribution in [0, 0.1) is 22.7 Å². The Hall–Kier alpha value is -0.0800. The Labute approximate surface area is 149 Å². The largest absolute Gasteiger partial charge is 0.367 e. The fourth-order valence-electron chi connectivity index (χ4n) is 5.75. The first-order valence-corrected chi connectivity index (χ1v) is 10.4. The van der Waals surface area contributed by atoms with Crippen molar-refractivity contribution in [3.63, 3.8) is 0 Å². The van der Waals surface area contributed by atoms with E-state index in [4.69, 9.17) is 9.47 Å². The maximum atomic E-state index is 6.17. The van der Waals surface area contributed by atoms with Gasteiger partial charge >= 0.3 is 0 Å². The quantitative estimate of drug-likeness (QED) is 0.555. The lowest BCUT2D eigenvalue weighted by Crippen LogP contribution is -2.33. The zero-order chi connectivity index (χ0) is 17.4. The molecule has 2 nitrogen and oxygen atoms in total. The molecule has 4 aliphatic rings. The minimum absolute atomic E-state index is 0.126. The Morgan fingerprint density at radius 1 is 0.875 bits per heavy atom. The summed E-state index contributed by atoms with van der Waals surface area (Å²) in [5.41, 5.74) is 1.58. The van der Waals surface area contributed by atoms with Gasteiger partial charge in [-0.3, -0.25) is 0 Å². The highest BCUT2D eigenvalue weighted by Gasteiger charge is 2.59. The van der Waals surface area contributed by atoms with E-state index in [1.54, 1.807) is 0 Å². The predicted octanol–water partition coefficient (Wildman–Crippen LogP) is 5.73. The zero-order valence-corrected chi connectivity index (χ0v) is 16.8. The van der Waals surface area contributed by atoms with Crippen molar-refractivity contribution in [2.24, 2.45) is 22.7 Å². The van der Waals surface area contributed by atoms with Gasteiger partial charge in [-0.25, -0.2) is 0 Å². The molecular weight excluding hydrogens is 296 g/mol. The lowest BCUT2D eigenvalue weighted by atomic mass is 9.62. The van der Waals surface area contributed by atoms with Crippen LogP contribution in [0.25, 0.3) is 0 Å². The molecule has 0 spiro atoms. The van der Waals surface area contributed by atoms with Crippen molar-refractivity contribution in [3.05, 3.63) is 0 Å². The van der Waals surface area contributed by atoms with E-state index in [0.29, 0.717) is 17.6 Å². The third-order valence-electron chi connectivity index (χ3n) is 8.62. The van der Waals surface area contributed by atoms with Crippen LogP contribution in [0.3, 0.4) is 0 Å². The normalized spacial score (nSPS) is 51.4. The fraction of sp³-hybridized carbons (Fsp3) is 1.00. The molecule has 0 aromatic rings. The predicted molar refractivity (Wildman–Crippen MR) is 98.0 cm³/mol. The van der Waals surface area contributed by atoms with E-state index in [1.807, 2.05) is 0 Å². The van der Waals surface area contributed by atoms with Gasteiger partial charge in [0.25, 0.3) is 0 Å². The van der Waals surface area contributed by atoms with Crippen molar-refractivity contribution in [1.82, 2.24) is 0 Å². The molecule has 0 aromatic carbocycles. The Bertz CT molecular complexity index is 512. The van der Waals surface area contributed by atoms with Crippen molar-refractivity contribution in [3.8, 4) is 0 Å². The summed E-state index contributed by atoms with van der Waals surface area (Å²) < 4.78 is 11.9. The van der Waals surface area contributed by atoms with Crippen molar-refractivity contribution >= 4 is 0 Å². The van der Waals surface area contributed by atoms with Gasteiger partial charge in [-0.05, 0) is 94.8 Å². The average Bonchev–Trinajstić information content (AvgIpc) is 3.41. The molecule has 2 saturated heterocycles. The van der Waals surface area contributed by atoms with Crippen LogP contribution in [0.2, 0.25) is 0 Å². The second-order valence-corrected chi connectivity index (χ2v) is 11.0. The molecule has 2 heteroatoms. The van der Waals surface area contributed by atoms with Crippen LogP contribution in [0.4, 0.5) is 0 Å². The Morgan fingerprint density at radius 2 is 1.54 bits per heavy atom. The van der Waals surface area contributed by atoms with Gasteiger partial charge in [0.05, 0.1) is 23.4 Å². The van der Waals surface area contributed by atoms with Crippen LogP contribution in [0.1, 0.15) is 92.9 Å². The van der Waals surface area contributed by atoms with Gasteiger partial charge in [0, 0.05) is 0 Å². The maximum Gasteiger partial charge on any atom is 0.0921 e. The summed E-state index contributed by atoms with van der Waals surface area (Å²) in [4.78, 5) is 0. The third-order valence-corrected chi connectivity index (χ3v) is 8.62. The Balaban J connectivity index is 1.27. The van der Waals surface area contributed by atoms with Crippen LogP contribution in [-0.4, -0.2) is 23.4 Å². The summed E-state index contributed by atoms with van der Waals surface area (Å²) in [6, 6.07) is 0. The number of epoxide rings is 2. The highest BCUT2D eigenvalue weighted by molar-refractivity contribution is 5.09. The molecule has 138 valence electrons. The highest BCUT2D eigenvalue weighted by Crippen LogP contribution is 2.67. The molecular formula is C22H38O2. The first-order chi connectivity index (χ1) is 11.1. The fourth-order valence-corrected chi connectivity index (χ4v) is 5.75. The topological polar surface area (TPSA) is 25.1 Å². The Morgan fingerprint density at radius 3 is 2.12 bits per heavy atom. The molecule has 24 heavy (non-hydrogen) atoms. The molecule has 0 aromatic heterocycles. The number of ether oxygens (including phenoxy) is 2. The van der Waals surface area contributed by atoms with Crippen LogP contribution in [0.15, 0.2) is 0 Å². The van der Waals surface area contributed by atoms with Crippen LogP contribution >= 0.6 is 0 Å². The summed E-state index contributed by atoms with van der Waals surface area (Å²) in [6.07, 6.45) is 11.8. The third kappa shape index (κ3) is 2.96. The number of hydrogen-bond acceptors (Lipinski definition) is 2. The van der Waals surface area contributed by atoms with Crippen LogP contribution in [-0.2, 0) is 9.47 Å². The number of hydrogen-bond donors (Lipinski definition) is 0. The molecule has 6 unspecified atom stereocenters. The van der Waals surface area contributed by atoms with Crippen LogP contribution in [0.5, 0.6) is 0 Å². The van der Waals surface area contributed by atoms with E-state index >= 15 is 0 Å². The molecule has 2 saturated carbocycles. The number of rotatable bonds is 7. The minimum atomic E-state index is 0.126. The lowest BCUT2D eigenvalue weighted by molar-refractivity contribution is 0.0748. The zero-order valence-electron chi connectivity index (χ0n) is 16.8. The molecule has 2 aliphatic carbocycles. The smallest absolute Gasteiger partial charge is 0.0921 e. The van der Waals surface area contributed by atoms with E-state index < -0.39 is 0 Å². The average molecular weight is 335 g/mol. The molecule has 0 N–H and O–H groups in total. The molecule has 0 bridgehead atoms. The molecule has 6 atom stereocenters. The van der Waals surface area contributed by atoms with Crippen molar-refractivity contribution < 1.29 is 9.47 Å². The summed E-state index contributed by atoms with van der Waals surface area (Å²) >= 11 is 0. The Kier molecular flexibility index (Phi) is 3.77. The molecule has 4 rings (SSSR count). The minimum Gasteiger partial charge on any atom is -0.367 e. The second-order valence-electron chi connectivity index (χ2n) is 11.0. The standard InChI is InChI=1S/C22H38O2/c1-15(2)22(12-11-20(5)13-16(20)14-22)10-8-18-21(6,24-18)9-7-17-19(3,4)23-17/h15-18H,7-14H2,1-6H3. The van der Waals surface area contributed by atoms with Gasteiger partial charge in [-0.2, -0.15) is 0 Å². The summed E-state index contributed by atoms with van der Waals surface area (Å²) in [5, 5.41) is 0. The van der Waals surface area contributed by atoms with Gasteiger partial charge in [0.2, 0.25) is 0 Å². The summed E-state index contributed by atoms with van der Waals surface area (Å²) in [7, 11) is 0. The second kappa shape index (κ2) is 5.22. The summed E-state index contributed by atoms with van der Waals surface area (Å²) in [5.74, 6) is 1.84. The maximum absolute atomic E-state index is 6.17. The van der Waals surface area contributed by atoms with E-state index in [1.165, 1.54) is 44.9 Å². The SMILES string of the molecule is CC(C)C1(CCC2OC2(C)CCC2OC2(C)C)CCC2(C)CC2C1. The van der Waals surface area contributed by atoms with Crippen molar-refractivity contribution in [1.29, 1.82) is 0 Å². The van der Waals surface area contributed by atoms with Gasteiger partial charge in [-0.15, -0.1) is 0 Å². The van der Waals surface area contributed by atoms with Crippen molar-refractivity contribution in [2.45, 2.75) is 116 Å². The van der Waals surface area contributed by atoms with Gasteiger partial charge < -0.3 is 9.47 Å². The van der Waals surface area contributed by atoms with E-state index in [0.717, 1.165) is 23.7 Å². The van der Waals surface area contributed by atoms with Gasteiger partial charge in [-0.1, -0.05) is 20.8 Å². The molecule has 2 heterocycles. The molecule has 2 aliphatic heterocycles. The van der Waals surface area contributed by atoms with Crippen LogP contribution < -0.4 is 0 Å². The number of fused-ring (bicyclic) bond motifs is 1. The lowest BCUT2D eigenvalue weighted by Gasteiger charge is -2.43. The van der Waals surface area contributed by atoms with E-state index in [9.17, 15) is 0 Å². The first-order valence-electron chi connectivity index (χ1n) is 10.4. The highest BCUT2D eigenvalue weighted by atomic mass is 16.6. The monoisotopic (exact) mass is 334 g/mol. The first kappa shape index (κ1) is 17.3. The summed E-state index contributed by atoms with van der Waals surface area (Å²) in [6.45, 7) is 14.2. The van der Waals surface area contributed by atoms with Crippen molar-refractivity contribution in [2.75, 3.05) is 0 Å². The van der Waals surface area contributed by atoms with Gasteiger partial charge in [0.15, 0.2) is 0 Å².